The van der Waals surface area contributed by atoms with Crippen LogP contribution in [0.2, 0.25) is 0 Å². The number of nitrogens with zero attached hydrogens (tertiary/aromatic N) is 4. The molecule has 0 aliphatic rings. The minimum Gasteiger partial charge on any atom is -0.390 e. The van der Waals surface area contributed by atoms with Gasteiger partial charge in [0.2, 0.25) is 0 Å². The Bertz CT molecular complexity index is 378. The third-order valence-corrected chi connectivity index (χ3v) is 2.51. The van der Waals surface area contributed by atoms with Crippen molar-refractivity contribution in [3.63, 3.8) is 0 Å². The lowest BCUT2D eigenvalue weighted by atomic mass is 10.0. The van der Waals surface area contributed by atoms with Crippen LogP contribution in [0.25, 0.3) is 10.4 Å². The van der Waals surface area contributed by atoms with Crippen molar-refractivity contribution in [2.75, 3.05) is 6.54 Å². The summed E-state index contributed by atoms with van der Waals surface area (Å²) in [5.74, 6) is 0. The normalized spacial score (nSPS) is 13.9. The zero-order valence-corrected chi connectivity index (χ0v) is 9.95. The molecule has 16 heavy (non-hydrogen) atoms. The van der Waals surface area contributed by atoms with E-state index < -0.39 is 12.2 Å². The van der Waals surface area contributed by atoms with Crippen molar-refractivity contribution < 1.29 is 10.2 Å². The van der Waals surface area contributed by atoms with Crippen molar-refractivity contribution in [1.29, 1.82) is 0 Å². The number of aromatic nitrogens is 1. The SMILES string of the molecule is [N-]=[N+]=NCCC(O)C(O)c1ccc(Br)nc1. The van der Waals surface area contributed by atoms with E-state index in [1.807, 2.05) is 0 Å². The van der Waals surface area contributed by atoms with Gasteiger partial charge in [0.25, 0.3) is 0 Å². The lowest BCUT2D eigenvalue weighted by molar-refractivity contribution is 0.0148. The van der Waals surface area contributed by atoms with E-state index in [1.54, 1.807) is 12.1 Å². The molecule has 0 spiro atoms. The van der Waals surface area contributed by atoms with Gasteiger partial charge in [0.15, 0.2) is 0 Å². The minimum atomic E-state index is -1.02. The molecule has 1 aromatic rings. The topological polar surface area (TPSA) is 102 Å². The van der Waals surface area contributed by atoms with Crippen LogP contribution in [-0.4, -0.2) is 27.8 Å². The second kappa shape index (κ2) is 6.44. The van der Waals surface area contributed by atoms with E-state index in [0.29, 0.717) is 10.2 Å². The first kappa shape index (κ1) is 12.9. The molecule has 2 unspecified atom stereocenters. The van der Waals surface area contributed by atoms with Crippen LogP contribution in [0.5, 0.6) is 0 Å². The predicted molar refractivity (Wildman–Crippen MR) is 61.5 cm³/mol. The minimum absolute atomic E-state index is 0.151. The first-order valence-electron chi connectivity index (χ1n) is 4.63. The van der Waals surface area contributed by atoms with Gasteiger partial charge >= 0.3 is 0 Å². The van der Waals surface area contributed by atoms with Crippen LogP contribution in [0.3, 0.4) is 0 Å². The third-order valence-electron chi connectivity index (χ3n) is 2.04. The molecule has 1 heterocycles. The highest BCUT2D eigenvalue weighted by molar-refractivity contribution is 9.10. The van der Waals surface area contributed by atoms with E-state index in [4.69, 9.17) is 5.53 Å². The molecule has 0 amide bonds. The van der Waals surface area contributed by atoms with Crippen molar-refractivity contribution in [3.8, 4) is 0 Å². The number of pyridine rings is 1. The van der Waals surface area contributed by atoms with Gasteiger partial charge in [0, 0.05) is 23.2 Å². The first-order chi connectivity index (χ1) is 7.65. The average molecular weight is 287 g/mol. The largest absolute Gasteiger partial charge is 0.390 e. The van der Waals surface area contributed by atoms with Gasteiger partial charge in [-0.2, -0.15) is 0 Å². The van der Waals surface area contributed by atoms with Gasteiger partial charge < -0.3 is 10.2 Å². The summed E-state index contributed by atoms with van der Waals surface area (Å²) in [5.41, 5.74) is 8.59. The monoisotopic (exact) mass is 286 g/mol. The maximum absolute atomic E-state index is 9.74. The van der Waals surface area contributed by atoms with Crippen molar-refractivity contribution in [2.45, 2.75) is 18.6 Å². The molecular formula is C9H11BrN4O2. The Morgan fingerprint density at radius 3 is 2.81 bits per heavy atom. The van der Waals surface area contributed by atoms with Crippen molar-refractivity contribution in [1.82, 2.24) is 4.98 Å². The van der Waals surface area contributed by atoms with Gasteiger partial charge in [-0.3, -0.25) is 0 Å². The van der Waals surface area contributed by atoms with Crippen LogP contribution in [0, 0.1) is 0 Å². The smallest absolute Gasteiger partial charge is 0.106 e. The molecule has 0 fully saturated rings. The Kier molecular flexibility index (Phi) is 5.21. The molecule has 7 heteroatoms. The summed E-state index contributed by atoms with van der Waals surface area (Å²) in [6.45, 7) is 0.151. The van der Waals surface area contributed by atoms with Crippen LogP contribution >= 0.6 is 15.9 Å². The maximum Gasteiger partial charge on any atom is 0.106 e. The Labute approximate surface area is 101 Å². The van der Waals surface area contributed by atoms with E-state index in [1.165, 1.54) is 6.20 Å². The second-order valence-electron chi connectivity index (χ2n) is 3.17. The van der Waals surface area contributed by atoms with E-state index in [9.17, 15) is 10.2 Å². The van der Waals surface area contributed by atoms with Gasteiger partial charge in [-0.1, -0.05) is 11.2 Å². The highest BCUT2D eigenvalue weighted by atomic mass is 79.9. The Balaban J connectivity index is 2.58. The highest BCUT2D eigenvalue weighted by Crippen LogP contribution is 2.19. The summed E-state index contributed by atoms with van der Waals surface area (Å²) in [7, 11) is 0. The molecule has 0 radical (unpaired) electrons. The molecule has 1 aromatic heterocycles. The molecule has 0 aromatic carbocycles. The van der Waals surface area contributed by atoms with E-state index in [2.05, 4.69) is 30.9 Å². The van der Waals surface area contributed by atoms with Crippen LogP contribution < -0.4 is 0 Å². The molecule has 2 atom stereocenters. The molecule has 0 aliphatic heterocycles. The quantitative estimate of drug-likeness (QED) is 0.374. The van der Waals surface area contributed by atoms with Crippen molar-refractivity contribution >= 4 is 15.9 Å². The van der Waals surface area contributed by atoms with Crippen LogP contribution in [0.15, 0.2) is 28.0 Å². The van der Waals surface area contributed by atoms with E-state index >= 15 is 0 Å². The Morgan fingerprint density at radius 1 is 1.50 bits per heavy atom. The molecule has 0 saturated carbocycles. The molecule has 0 saturated heterocycles. The molecule has 1 rings (SSSR count). The molecule has 0 bridgehead atoms. The molecule has 0 aliphatic carbocycles. The highest BCUT2D eigenvalue weighted by Gasteiger charge is 2.17. The number of hydrogen-bond acceptors (Lipinski definition) is 4. The molecule has 86 valence electrons. The maximum atomic E-state index is 9.74. The standard InChI is InChI=1S/C9H11BrN4O2/c10-8-2-1-6(5-12-8)9(16)7(15)3-4-13-14-11/h1-2,5,7,9,15-16H,3-4H2. The predicted octanol–water partition coefficient (Wildman–Crippen LogP) is 1.94. The third kappa shape index (κ3) is 3.79. The van der Waals surface area contributed by atoms with Gasteiger partial charge in [-0.25, -0.2) is 4.98 Å². The Morgan fingerprint density at radius 2 is 2.25 bits per heavy atom. The van der Waals surface area contributed by atoms with E-state index in [-0.39, 0.29) is 13.0 Å². The Hall–Kier alpha value is -1.14. The summed E-state index contributed by atoms with van der Waals surface area (Å²) in [6.07, 6.45) is -0.296. The first-order valence-corrected chi connectivity index (χ1v) is 5.43. The number of halogens is 1. The summed E-state index contributed by atoms with van der Waals surface area (Å²) in [4.78, 5) is 6.51. The zero-order valence-electron chi connectivity index (χ0n) is 8.36. The fourth-order valence-corrected chi connectivity index (χ4v) is 1.41. The van der Waals surface area contributed by atoms with Crippen molar-refractivity contribution in [2.24, 2.45) is 5.11 Å². The van der Waals surface area contributed by atoms with Gasteiger partial charge in [0.1, 0.15) is 10.7 Å². The molecule has 6 nitrogen and oxygen atoms in total. The van der Waals surface area contributed by atoms with Gasteiger partial charge in [-0.05, 0) is 33.9 Å². The summed E-state index contributed by atoms with van der Waals surface area (Å²) >= 11 is 3.17. The molecule has 2 N–H and O–H groups in total. The van der Waals surface area contributed by atoms with Gasteiger partial charge in [-0.15, -0.1) is 0 Å². The summed E-state index contributed by atoms with van der Waals surface area (Å²) < 4.78 is 0.659. The summed E-state index contributed by atoms with van der Waals surface area (Å²) in [6, 6.07) is 3.34. The number of hydrogen-bond donors (Lipinski definition) is 2. The lowest BCUT2D eigenvalue weighted by Crippen LogP contribution is -2.19. The average Bonchev–Trinajstić information content (AvgIpc) is 2.29. The fraction of sp³-hybridized carbons (Fsp3) is 0.444. The lowest BCUT2D eigenvalue weighted by Gasteiger charge is -2.16. The van der Waals surface area contributed by atoms with Gasteiger partial charge in [0.05, 0.1) is 6.10 Å². The second-order valence-corrected chi connectivity index (χ2v) is 3.98. The van der Waals surface area contributed by atoms with E-state index in [0.717, 1.165) is 0 Å². The fourth-order valence-electron chi connectivity index (χ4n) is 1.18. The molecular weight excluding hydrogens is 276 g/mol. The van der Waals surface area contributed by atoms with Crippen LogP contribution in [0.4, 0.5) is 0 Å². The summed E-state index contributed by atoms with van der Waals surface area (Å²) in [5, 5.41) is 22.6. The van der Waals surface area contributed by atoms with Crippen LogP contribution in [0.1, 0.15) is 18.1 Å². The van der Waals surface area contributed by atoms with Crippen molar-refractivity contribution in [3.05, 3.63) is 38.9 Å². The number of aliphatic hydroxyl groups is 2. The number of azide groups is 1. The number of rotatable bonds is 5. The number of aliphatic hydroxyl groups excluding tert-OH is 2. The van der Waals surface area contributed by atoms with Crippen LogP contribution in [-0.2, 0) is 0 Å². The zero-order chi connectivity index (χ0) is 12.0.